The van der Waals surface area contributed by atoms with Gasteiger partial charge in [-0.25, -0.2) is 0 Å². The van der Waals surface area contributed by atoms with Gasteiger partial charge in [0, 0.05) is 27.6 Å². The summed E-state index contributed by atoms with van der Waals surface area (Å²) >= 11 is 0. The first-order valence-electron chi connectivity index (χ1n) is 4.95. The third-order valence-electron chi connectivity index (χ3n) is 2.47. The number of aromatic amines is 1. The number of azide groups is 1. The van der Waals surface area contributed by atoms with Crippen LogP contribution in [0.2, 0.25) is 0 Å². The fourth-order valence-corrected chi connectivity index (χ4v) is 1.64. The molecule has 0 atom stereocenters. The van der Waals surface area contributed by atoms with Gasteiger partial charge in [0.25, 0.3) is 0 Å². The molecule has 6 heteroatoms. The zero-order valence-electron chi connectivity index (χ0n) is 9.17. The molecule has 1 aromatic heterocycles. The van der Waals surface area contributed by atoms with Gasteiger partial charge in [0.2, 0.25) is 0 Å². The van der Waals surface area contributed by atoms with Crippen molar-refractivity contribution in [3.8, 4) is 5.75 Å². The number of Topliss-reactive ketones (excluding diaryl/α,β-unsaturated/α-hetero) is 1. The van der Waals surface area contributed by atoms with Crippen LogP contribution in [0.4, 0.5) is 0 Å². The van der Waals surface area contributed by atoms with Crippen molar-refractivity contribution in [2.24, 2.45) is 5.11 Å². The molecule has 0 amide bonds. The standard InChI is InChI=1S/C11H10N4O2/c1-17-7-2-3-10-8(4-7)9(5-13-10)11(16)6-14-15-12/h2-5,13H,6H2,1H3. The Morgan fingerprint density at radius 1 is 1.59 bits per heavy atom. The smallest absolute Gasteiger partial charge is 0.170 e. The van der Waals surface area contributed by atoms with E-state index >= 15 is 0 Å². The normalized spacial score (nSPS) is 9.94. The topological polar surface area (TPSA) is 90.9 Å². The second-order valence-electron chi connectivity index (χ2n) is 3.43. The largest absolute Gasteiger partial charge is 0.497 e. The zero-order chi connectivity index (χ0) is 12.3. The van der Waals surface area contributed by atoms with Crippen LogP contribution in [0, 0.1) is 0 Å². The van der Waals surface area contributed by atoms with Crippen LogP contribution in [0.25, 0.3) is 21.3 Å². The summed E-state index contributed by atoms with van der Waals surface area (Å²) in [4.78, 5) is 17.3. The molecule has 0 aliphatic carbocycles. The van der Waals surface area contributed by atoms with Gasteiger partial charge in [0.15, 0.2) is 5.78 Å². The predicted molar refractivity (Wildman–Crippen MR) is 63.2 cm³/mol. The van der Waals surface area contributed by atoms with Crippen LogP contribution in [-0.4, -0.2) is 24.4 Å². The van der Waals surface area contributed by atoms with Crippen LogP contribution < -0.4 is 4.74 Å². The van der Waals surface area contributed by atoms with E-state index in [1.807, 2.05) is 6.07 Å². The molecular formula is C11H10N4O2. The van der Waals surface area contributed by atoms with Gasteiger partial charge in [0.1, 0.15) is 5.75 Å². The van der Waals surface area contributed by atoms with E-state index in [9.17, 15) is 4.79 Å². The summed E-state index contributed by atoms with van der Waals surface area (Å²) in [6.07, 6.45) is 1.61. The molecule has 86 valence electrons. The molecule has 0 bridgehead atoms. The molecule has 0 aliphatic heterocycles. The van der Waals surface area contributed by atoms with Gasteiger partial charge in [-0.3, -0.25) is 4.79 Å². The maximum Gasteiger partial charge on any atom is 0.170 e. The lowest BCUT2D eigenvalue weighted by atomic mass is 10.1. The third-order valence-corrected chi connectivity index (χ3v) is 2.47. The molecule has 0 spiro atoms. The zero-order valence-corrected chi connectivity index (χ0v) is 9.17. The Morgan fingerprint density at radius 3 is 3.12 bits per heavy atom. The SMILES string of the molecule is COc1ccc2[nH]cc(C(=O)CN=[N+]=[N-])c2c1. The Hall–Kier alpha value is -2.46. The lowest BCUT2D eigenvalue weighted by Gasteiger charge is -2.00. The first-order chi connectivity index (χ1) is 8.26. The molecule has 6 nitrogen and oxygen atoms in total. The number of nitrogens with zero attached hydrogens (tertiary/aromatic N) is 3. The molecular weight excluding hydrogens is 220 g/mol. The van der Waals surface area contributed by atoms with Crippen molar-refractivity contribution in [2.75, 3.05) is 13.7 Å². The number of nitrogens with one attached hydrogen (secondary N) is 1. The lowest BCUT2D eigenvalue weighted by molar-refractivity contribution is 0.100. The van der Waals surface area contributed by atoms with Crippen molar-refractivity contribution in [1.29, 1.82) is 0 Å². The number of carbonyl (C=O) groups excluding carboxylic acids is 1. The molecule has 1 heterocycles. The molecule has 0 unspecified atom stereocenters. The number of aromatic nitrogens is 1. The van der Waals surface area contributed by atoms with Gasteiger partial charge in [-0.2, -0.15) is 0 Å². The molecule has 2 rings (SSSR count). The number of hydrogen-bond acceptors (Lipinski definition) is 3. The van der Waals surface area contributed by atoms with E-state index in [0.717, 1.165) is 10.9 Å². The maximum absolute atomic E-state index is 11.8. The summed E-state index contributed by atoms with van der Waals surface area (Å²) in [5.74, 6) is 0.456. The summed E-state index contributed by atoms with van der Waals surface area (Å²) in [5.41, 5.74) is 9.53. The van der Waals surface area contributed by atoms with Crippen molar-refractivity contribution in [3.63, 3.8) is 0 Å². The molecule has 1 N–H and O–H groups in total. The van der Waals surface area contributed by atoms with Crippen LogP contribution in [0.5, 0.6) is 5.75 Å². The van der Waals surface area contributed by atoms with Crippen LogP contribution in [0.15, 0.2) is 29.5 Å². The van der Waals surface area contributed by atoms with E-state index in [1.54, 1.807) is 25.4 Å². The van der Waals surface area contributed by atoms with Crippen molar-refractivity contribution >= 4 is 16.7 Å². The molecule has 0 aliphatic rings. The number of carbonyl (C=O) groups is 1. The van der Waals surface area contributed by atoms with Crippen LogP contribution in [0.1, 0.15) is 10.4 Å². The minimum Gasteiger partial charge on any atom is -0.497 e. The van der Waals surface area contributed by atoms with Gasteiger partial charge in [0.05, 0.1) is 13.7 Å². The number of ketones is 1. The molecule has 0 fully saturated rings. The highest BCUT2D eigenvalue weighted by atomic mass is 16.5. The second kappa shape index (κ2) is 4.59. The predicted octanol–water partition coefficient (Wildman–Crippen LogP) is 2.67. The first kappa shape index (κ1) is 11.0. The quantitative estimate of drug-likeness (QED) is 0.378. The first-order valence-corrected chi connectivity index (χ1v) is 4.95. The fourth-order valence-electron chi connectivity index (χ4n) is 1.64. The maximum atomic E-state index is 11.8. The minimum absolute atomic E-state index is 0.180. The Bertz CT molecular complexity index is 611. The highest BCUT2D eigenvalue weighted by Gasteiger charge is 2.11. The molecule has 0 saturated heterocycles. The van der Waals surface area contributed by atoms with Gasteiger partial charge < -0.3 is 9.72 Å². The number of methoxy groups -OCH3 is 1. The summed E-state index contributed by atoms with van der Waals surface area (Å²) in [5, 5.41) is 4.03. The van der Waals surface area contributed by atoms with Crippen LogP contribution in [-0.2, 0) is 0 Å². The Morgan fingerprint density at radius 2 is 2.41 bits per heavy atom. The van der Waals surface area contributed by atoms with E-state index in [2.05, 4.69) is 15.0 Å². The van der Waals surface area contributed by atoms with Gasteiger partial charge >= 0.3 is 0 Å². The van der Waals surface area contributed by atoms with E-state index < -0.39 is 0 Å². The number of benzene rings is 1. The summed E-state index contributed by atoms with van der Waals surface area (Å²) in [7, 11) is 1.56. The van der Waals surface area contributed by atoms with Crippen LogP contribution in [0.3, 0.4) is 0 Å². The number of fused-ring (bicyclic) bond motifs is 1. The van der Waals surface area contributed by atoms with E-state index in [4.69, 9.17) is 10.3 Å². The van der Waals surface area contributed by atoms with Gasteiger partial charge in [-0.05, 0) is 23.7 Å². The molecule has 0 radical (unpaired) electrons. The fraction of sp³-hybridized carbons (Fsp3) is 0.182. The average Bonchev–Trinajstić information content (AvgIpc) is 2.78. The van der Waals surface area contributed by atoms with E-state index in [0.29, 0.717) is 11.3 Å². The van der Waals surface area contributed by atoms with Crippen molar-refractivity contribution in [3.05, 3.63) is 40.4 Å². The third kappa shape index (κ3) is 2.07. The summed E-state index contributed by atoms with van der Waals surface area (Å²) in [6.45, 7) is -0.180. The van der Waals surface area contributed by atoms with E-state index in [-0.39, 0.29) is 12.3 Å². The highest BCUT2D eigenvalue weighted by Crippen LogP contribution is 2.23. The number of hydrogen-bond donors (Lipinski definition) is 1. The Kier molecular flexibility index (Phi) is 2.98. The number of H-pyrrole nitrogens is 1. The van der Waals surface area contributed by atoms with Gasteiger partial charge in [-0.1, -0.05) is 5.11 Å². The number of ether oxygens (including phenoxy) is 1. The summed E-state index contributed by atoms with van der Waals surface area (Å²) in [6, 6.07) is 5.41. The highest BCUT2D eigenvalue weighted by molar-refractivity contribution is 6.09. The van der Waals surface area contributed by atoms with Gasteiger partial charge in [-0.15, -0.1) is 0 Å². The van der Waals surface area contributed by atoms with Crippen LogP contribution >= 0.6 is 0 Å². The number of rotatable bonds is 4. The monoisotopic (exact) mass is 230 g/mol. The molecule has 2 aromatic rings. The Balaban J connectivity index is 2.46. The molecule has 1 aromatic carbocycles. The lowest BCUT2D eigenvalue weighted by Crippen LogP contribution is -2.01. The molecule has 17 heavy (non-hydrogen) atoms. The second-order valence-corrected chi connectivity index (χ2v) is 3.43. The van der Waals surface area contributed by atoms with Crippen molar-refractivity contribution in [2.45, 2.75) is 0 Å². The average molecular weight is 230 g/mol. The van der Waals surface area contributed by atoms with E-state index in [1.165, 1.54) is 0 Å². The minimum atomic E-state index is -0.220. The Labute approximate surface area is 96.8 Å². The van der Waals surface area contributed by atoms with Crippen molar-refractivity contribution < 1.29 is 9.53 Å². The molecule has 0 saturated carbocycles. The van der Waals surface area contributed by atoms with Crippen molar-refractivity contribution in [1.82, 2.24) is 4.98 Å². The summed E-state index contributed by atoms with van der Waals surface area (Å²) < 4.78 is 5.10.